The lowest BCUT2D eigenvalue weighted by atomic mass is 9.82. The molecule has 1 aliphatic heterocycles. The highest BCUT2D eigenvalue weighted by Gasteiger charge is 2.35. The number of nitriles is 1. The number of anilines is 1. The molecule has 0 bridgehead atoms. The summed E-state index contributed by atoms with van der Waals surface area (Å²) in [7, 11) is 3.99. The van der Waals surface area contributed by atoms with Crippen molar-refractivity contribution in [2.75, 3.05) is 19.0 Å². The second kappa shape index (κ2) is 7.22. The summed E-state index contributed by atoms with van der Waals surface area (Å²) in [4.78, 5) is 2.04. The van der Waals surface area contributed by atoms with Gasteiger partial charge in [0, 0.05) is 25.3 Å². The van der Waals surface area contributed by atoms with Crippen LogP contribution in [0.3, 0.4) is 0 Å². The highest BCUT2D eigenvalue weighted by molar-refractivity contribution is 5.97. The number of nitrogens with two attached hydrogens (primary N) is 1. The van der Waals surface area contributed by atoms with E-state index in [9.17, 15) is 5.26 Å². The summed E-state index contributed by atoms with van der Waals surface area (Å²) < 4.78 is 5.75. The lowest BCUT2D eigenvalue weighted by Gasteiger charge is -2.25. The molecule has 0 fully saturated rings. The molecule has 0 amide bonds. The fraction of sp³-hybridized carbons (Fsp3) is 0.120. The SMILES string of the molecule is CN(C)c1ccc([C@@H]2C(C#N)=C(N)Oc3n[nH]c(-c4cccc5ccccc45)c32)cc1. The molecule has 0 saturated carbocycles. The number of aromatic amines is 1. The molecule has 1 aliphatic rings. The summed E-state index contributed by atoms with van der Waals surface area (Å²) in [5.41, 5.74) is 11.2. The number of hydrogen-bond donors (Lipinski definition) is 2. The topological polar surface area (TPSA) is 91.0 Å². The predicted molar refractivity (Wildman–Crippen MR) is 122 cm³/mol. The monoisotopic (exact) mass is 407 g/mol. The van der Waals surface area contributed by atoms with Crippen molar-refractivity contribution < 1.29 is 4.74 Å². The summed E-state index contributed by atoms with van der Waals surface area (Å²) in [6.07, 6.45) is 0. The lowest BCUT2D eigenvalue weighted by molar-refractivity contribution is 0.379. The molecule has 0 aliphatic carbocycles. The maximum Gasteiger partial charge on any atom is 0.244 e. The quantitative estimate of drug-likeness (QED) is 0.521. The van der Waals surface area contributed by atoms with Crippen LogP contribution < -0.4 is 15.4 Å². The van der Waals surface area contributed by atoms with Crippen LogP contribution in [0, 0.1) is 11.3 Å². The van der Waals surface area contributed by atoms with E-state index < -0.39 is 0 Å². The van der Waals surface area contributed by atoms with Crippen LogP contribution in [0.25, 0.3) is 22.0 Å². The molecular formula is C25H21N5O. The molecule has 152 valence electrons. The minimum atomic E-state index is -0.377. The van der Waals surface area contributed by atoms with Gasteiger partial charge in [0.25, 0.3) is 0 Å². The number of ether oxygens (including phenoxy) is 1. The van der Waals surface area contributed by atoms with Crippen molar-refractivity contribution in [2.24, 2.45) is 5.73 Å². The van der Waals surface area contributed by atoms with E-state index in [0.29, 0.717) is 11.5 Å². The van der Waals surface area contributed by atoms with Gasteiger partial charge in [0.05, 0.1) is 17.2 Å². The molecule has 2 heterocycles. The summed E-state index contributed by atoms with van der Waals surface area (Å²) in [5.74, 6) is 0.117. The van der Waals surface area contributed by atoms with Gasteiger partial charge in [-0.15, -0.1) is 5.10 Å². The Bertz CT molecular complexity index is 1350. The Morgan fingerprint density at radius 3 is 2.52 bits per heavy atom. The van der Waals surface area contributed by atoms with E-state index in [1.165, 1.54) is 0 Å². The van der Waals surface area contributed by atoms with Gasteiger partial charge in [-0.2, -0.15) is 5.26 Å². The van der Waals surface area contributed by atoms with Crippen molar-refractivity contribution in [1.29, 1.82) is 5.26 Å². The number of nitrogens with one attached hydrogen (secondary N) is 1. The average molecular weight is 407 g/mol. The summed E-state index contributed by atoms with van der Waals surface area (Å²) in [6, 6.07) is 24.7. The maximum absolute atomic E-state index is 9.93. The Labute approximate surface area is 180 Å². The van der Waals surface area contributed by atoms with Crippen molar-refractivity contribution in [2.45, 2.75) is 5.92 Å². The van der Waals surface area contributed by atoms with Gasteiger partial charge >= 0.3 is 0 Å². The Morgan fingerprint density at radius 1 is 1.03 bits per heavy atom. The largest absolute Gasteiger partial charge is 0.420 e. The van der Waals surface area contributed by atoms with E-state index in [1.54, 1.807) is 0 Å². The zero-order chi connectivity index (χ0) is 21.5. The van der Waals surface area contributed by atoms with Gasteiger partial charge in [-0.05, 0) is 28.5 Å². The first-order valence-electron chi connectivity index (χ1n) is 9.99. The predicted octanol–water partition coefficient (Wildman–Crippen LogP) is 4.51. The molecule has 3 aromatic carbocycles. The smallest absolute Gasteiger partial charge is 0.244 e. The Kier molecular flexibility index (Phi) is 4.37. The number of fused-ring (bicyclic) bond motifs is 2. The van der Waals surface area contributed by atoms with Crippen LogP contribution in [0.1, 0.15) is 17.0 Å². The van der Waals surface area contributed by atoms with Crippen LogP contribution in [-0.2, 0) is 0 Å². The molecule has 6 nitrogen and oxygen atoms in total. The van der Waals surface area contributed by atoms with E-state index >= 15 is 0 Å². The minimum absolute atomic E-state index is 0.0904. The molecule has 3 N–H and O–H groups in total. The third-order valence-corrected chi connectivity index (χ3v) is 5.74. The van der Waals surface area contributed by atoms with Gasteiger partial charge in [-0.1, -0.05) is 54.6 Å². The molecule has 0 saturated heterocycles. The van der Waals surface area contributed by atoms with E-state index in [0.717, 1.165) is 38.8 Å². The fourth-order valence-corrected chi connectivity index (χ4v) is 4.19. The highest BCUT2D eigenvalue weighted by atomic mass is 16.5. The number of benzene rings is 3. The average Bonchev–Trinajstić information content (AvgIpc) is 3.20. The second-order valence-electron chi connectivity index (χ2n) is 7.75. The standard InChI is InChI=1S/C25H21N5O/c1-30(2)17-12-10-16(11-13-17)21-20(14-26)24(27)31-25-22(21)23(28-29-25)19-9-5-7-15-6-3-4-8-18(15)19/h3-13,21H,27H2,1-2H3,(H,28,29)/t21-/m1/s1. The van der Waals surface area contributed by atoms with Crippen LogP contribution in [0.5, 0.6) is 5.88 Å². The summed E-state index contributed by atoms with van der Waals surface area (Å²) >= 11 is 0. The first-order chi connectivity index (χ1) is 15.1. The third kappa shape index (κ3) is 2.99. The first kappa shape index (κ1) is 18.8. The van der Waals surface area contributed by atoms with Crippen molar-refractivity contribution in [1.82, 2.24) is 10.2 Å². The van der Waals surface area contributed by atoms with Crippen molar-refractivity contribution >= 4 is 16.5 Å². The Morgan fingerprint density at radius 2 is 1.77 bits per heavy atom. The first-order valence-corrected chi connectivity index (χ1v) is 9.99. The number of nitrogens with zero attached hydrogens (tertiary/aromatic N) is 3. The van der Waals surface area contributed by atoms with Crippen LogP contribution >= 0.6 is 0 Å². The van der Waals surface area contributed by atoms with Crippen LogP contribution in [0.2, 0.25) is 0 Å². The molecule has 0 radical (unpaired) electrons. The normalized spacial score (nSPS) is 15.3. The number of hydrogen-bond acceptors (Lipinski definition) is 5. The molecule has 4 aromatic rings. The van der Waals surface area contributed by atoms with Crippen molar-refractivity contribution in [3.63, 3.8) is 0 Å². The highest BCUT2D eigenvalue weighted by Crippen LogP contribution is 2.46. The molecular weight excluding hydrogens is 386 g/mol. The van der Waals surface area contributed by atoms with Gasteiger partial charge in [-0.25, -0.2) is 0 Å². The van der Waals surface area contributed by atoms with E-state index in [2.05, 4.69) is 40.5 Å². The van der Waals surface area contributed by atoms with E-state index in [-0.39, 0.29) is 11.8 Å². The van der Waals surface area contributed by atoms with Gasteiger partial charge in [0.1, 0.15) is 11.6 Å². The maximum atomic E-state index is 9.93. The summed E-state index contributed by atoms with van der Waals surface area (Å²) in [6.45, 7) is 0. The number of aromatic nitrogens is 2. The van der Waals surface area contributed by atoms with Gasteiger partial charge in [0.15, 0.2) is 0 Å². The zero-order valence-electron chi connectivity index (χ0n) is 17.3. The van der Waals surface area contributed by atoms with Crippen LogP contribution in [-0.4, -0.2) is 24.3 Å². The zero-order valence-corrected chi connectivity index (χ0v) is 17.3. The second-order valence-corrected chi connectivity index (χ2v) is 7.75. The number of rotatable bonds is 3. The fourth-order valence-electron chi connectivity index (χ4n) is 4.19. The molecule has 31 heavy (non-hydrogen) atoms. The van der Waals surface area contributed by atoms with Crippen molar-refractivity contribution in [3.8, 4) is 23.2 Å². The van der Waals surface area contributed by atoms with E-state index in [4.69, 9.17) is 10.5 Å². The molecule has 0 unspecified atom stereocenters. The summed E-state index contributed by atoms with van der Waals surface area (Å²) in [5, 5.41) is 19.7. The third-order valence-electron chi connectivity index (χ3n) is 5.74. The molecule has 1 atom stereocenters. The van der Waals surface area contributed by atoms with Gasteiger partial charge < -0.3 is 15.4 Å². The molecule has 1 aromatic heterocycles. The number of allylic oxidation sites excluding steroid dienone is 1. The Hall–Kier alpha value is -4.24. The molecule has 0 spiro atoms. The van der Waals surface area contributed by atoms with Crippen LogP contribution in [0.4, 0.5) is 5.69 Å². The minimum Gasteiger partial charge on any atom is -0.420 e. The molecule has 5 rings (SSSR count). The van der Waals surface area contributed by atoms with E-state index in [1.807, 2.05) is 61.5 Å². The Balaban J connectivity index is 1.74. The van der Waals surface area contributed by atoms with Crippen molar-refractivity contribution in [3.05, 3.63) is 89.3 Å². The van der Waals surface area contributed by atoms with Crippen LogP contribution in [0.15, 0.2) is 78.2 Å². The molecule has 6 heteroatoms. The lowest BCUT2D eigenvalue weighted by Crippen LogP contribution is -2.21. The van der Waals surface area contributed by atoms with Gasteiger partial charge in [-0.3, -0.25) is 5.10 Å². The van der Waals surface area contributed by atoms with Gasteiger partial charge in [0.2, 0.25) is 11.8 Å². The number of H-pyrrole nitrogens is 1.